The highest BCUT2D eigenvalue weighted by atomic mass is 32.1. The van der Waals surface area contributed by atoms with Crippen molar-refractivity contribution < 1.29 is 4.79 Å². The molecule has 1 fully saturated rings. The maximum absolute atomic E-state index is 12.8. The van der Waals surface area contributed by atoms with E-state index in [9.17, 15) is 4.79 Å². The average Bonchev–Trinajstić information content (AvgIpc) is 3.21. The Morgan fingerprint density at radius 1 is 1.24 bits per heavy atom. The molecule has 0 saturated carbocycles. The first-order valence-corrected chi connectivity index (χ1v) is 10.1. The number of nitrogens with one attached hydrogen (secondary N) is 1. The Labute approximate surface area is 153 Å². The van der Waals surface area contributed by atoms with Gasteiger partial charge in [0.2, 0.25) is 0 Å². The van der Waals surface area contributed by atoms with Crippen molar-refractivity contribution in [2.75, 3.05) is 18.4 Å². The second kappa shape index (κ2) is 6.79. The molecule has 0 bridgehead atoms. The van der Waals surface area contributed by atoms with Gasteiger partial charge in [-0.15, -0.1) is 11.3 Å². The number of benzene rings is 1. The molecule has 132 valence electrons. The monoisotopic (exact) mass is 355 g/mol. The number of amides is 1. The van der Waals surface area contributed by atoms with Crippen LogP contribution in [0.15, 0.2) is 18.2 Å². The highest BCUT2D eigenvalue weighted by Crippen LogP contribution is 2.30. The molecule has 1 amide bonds. The third kappa shape index (κ3) is 3.43. The summed E-state index contributed by atoms with van der Waals surface area (Å²) in [5.74, 6) is 0.806. The number of hydrogen-bond acceptors (Lipinski definition) is 4. The summed E-state index contributed by atoms with van der Waals surface area (Å²) >= 11 is 1.57. The number of aryl methyl sites for hydroxylation is 3. The number of rotatable bonds is 3. The lowest BCUT2D eigenvalue weighted by Gasteiger charge is -2.29. The zero-order chi connectivity index (χ0) is 17.4. The lowest BCUT2D eigenvalue weighted by atomic mass is 9.99. The summed E-state index contributed by atoms with van der Waals surface area (Å²) in [6.07, 6.45) is 5.80. The predicted molar refractivity (Wildman–Crippen MR) is 103 cm³/mol. The summed E-state index contributed by atoms with van der Waals surface area (Å²) in [5.41, 5.74) is 4.59. The fourth-order valence-corrected chi connectivity index (χ4v) is 4.61. The smallest absolute Gasteiger partial charge is 0.273 e. The Morgan fingerprint density at radius 3 is 2.80 bits per heavy atom. The van der Waals surface area contributed by atoms with Gasteiger partial charge in [0.15, 0.2) is 5.13 Å². The van der Waals surface area contributed by atoms with E-state index >= 15 is 0 Å². The SMILES string of the molecule is Cc1sc(Nc2ccc3c(c2)CCC3)nc1C(=O)N1CCC(C)CC1. The van der Waals surface area contributed by atoms with Crippen LogP contribution in [0.4, 0.5) is 10.8 Å². The van der Waals surface area contributed by atoms with Crippen molar-refractivity contribution in [3.8, 4) is 0 Å². The molecule has 25 heavy (non-hydrogen) atoms. The summed E-state index contributed by atoms with van der Waals surface area (Å²) in [6, 6.07) is 6.56. The molecular formula is C20H25N3OS. The largest absolute Gasteiger partial charge is 0.337 e. The van der Waals surface area contributed by atoms with Crippen molar-refractivity contribution in [3.63, 3.8) is 0 Å². The molecule has 1 aromatic heterocycles. The van der Waals surface area contributed by atoms with Crippen molar-refractivity contribution in [2.45, 2.75) is 46.0 Å². The normalized spacial score (nSPS) is 17.6. The van der Waals surface area contributed by atoms with E-state index in [1.165, 1.54) is 30.4 Å². The van der Waals surface area contributed by atoms with Gasteiger partial charge in [-0.2, -0.15) is 0 Å². The quantitative estimate of drug-likeness (QED) is 0.878. The number of carbonyl (C=O) groups is 1. The maximum Gasteiger partial charge on any atom is 0.273 e. The highest BCUT2D eigenvalue weighted by molar-refractivity contribution is 7.15. The van der Waals surface area contributed by atoms with Crippen LogP contribution in [0.2, 0.25) is 0 Å². The van der Waals surface area contributed by atoms with Crippen LogP contribution >= 0.6 is 11.3 Å². The molecule has 0 radical (unpaired) electrons. The molecule has 0 unspecified atom stereocenters. The molecule has 1 aliphatic heterocycles. The van der Waals surface area contributed by atoms with Crippen molar-refractivity contribution in [1.82, 2.24) is 9.88 Å². The van der Waals surface area contributed by atoms with Crippen LogP contribution in [0, 0.1) is 12.8 Å². The minimum absolute atomic E-state index is 0.0858. The summed E-state index contributed by atoms with van der Waals surface area (Å²) in [4.78, 5) is 20.4. The van der Waals surface area contributed by atoms with Crippen LogP contribution in [-0.2, 0) is 12.8 Å². The molecule has 2 aromatic rings. The molecule has 1 aromatic carbocycles. The van der Waals surface area contributed by atoms with Crippen LogP contribution in [0.3, 0.4) is 0 Å². The molecule has 2 heterocycles. The van der Waals surface area contributed by atoms with Crippen LogP contribution in [0.5, 0.6) is 0 Å². The number of hydrogen-bond donors (Lipinski definition) is 1. The standard InChI is InChI=1S/C20H25N3OS/c1-13-8-10-23(11-9-13)19(24)18-14(2)25-20(22-18)21-17-7-6-15-4-3-5-16(15)12-17/h6-7,12-13H,3-5,8-11H2,1-2H3,(H,21,22). The van der Waals surface area contributed by atoms with E-state index in [0.29, 0.717) is 5.69 Å². The Balaban J connectivity index is 1.49. The van der Waals surface area contributed by atoms with Gasteiger partial charge in [0.25, 0.3) is 5.91 Å². The van der Waals surface area contributed by atoms with Gasteiger partial charge in [0.1, 0.15) is 5.69 Å². The summed E-state index contributed by atoms with van der Waals surface area (Å²) < 4.78 is 0. The maximum atomic E-state index is 12.8. The minimum atomic E-state index is 0.0858. The summed E-state index contributed by atoms with van der Waals surface area (Å²) in [5, 5.41) is 4.21. The molecular weight excluding hydrogens is 330 g/mol. The van der Waals surface area contributed by atoms with Crippen molar-refractivity contribution >= 4 is 28.1 Å². The predicted octanol–water partition coefficient (Wildman–Crippen LogP) is 4.56. The van der Waals surface area contributed by atoms with E-state index in [2.05, 4.69) is 35.4 Å². The Morgan fingerprint density at radius 2 is 2.00 bits per heavy atom. The van der Waals surface area contributed by atoms with Gasteiger partial charge in [0.05, 0.1) is 0 Å². The third-order valence-corrected chi connectivity index (χ3v) is 6.31. The highest BCUT2D eigenvalue weighted by Gasteiger charge is 2.25. The van der Waals surface area contributed by atoms with Gasteiger partial charge < -0.3 is 10.2 Å². The molecule has 4 nitrogen and oxygen atoms in total. The number of likely N-dealkylation sites (tertiary alicyclic amines) is 1. The average molecular weight is 356 g/mol. The molecule has 5 heteroatoms. The van der Waals surface area contributed by atoms with Gasteiger partial charge in [0, 0.05) is 23.7 Å². The molecule has 0 atom stereocenters. The number of piperidine rings is 1. The van der Waals surface area contributed by atoms with Crippen molar-refractivity contribution in [2.24, 2.45) is 5.92 Å². The zero-order valence-electron chi connectivity index (χ0n) is 15.0. The van der Waals surface area contributed by atoms with Gasteiger partial charge in [-0.1, -0.05) is 13.0 Å². The van der Waals surface area contributed by atoms with Crippen molar-refractivity contribution in [3.05, 3.63) is 39.9 Å². The number of anilines is 2. The van der Waals surface area contributed by atoms with Gasteiger partial charge in [-0.05, 0) is 68.2 Å². The van der Waals surface area contributed by atoms with E-state index in [-0.39, 0.29) is 5.91 Å². The molecule has 0 spiro atoms. The topological polar surface area (TPSA) is 45.2 Å². The lowest BCUT2D eigenvalue weighted by molar-refractivity contribution is 0.0691. The first-order valence-electron chi connectivity index (χ1n) is 9.25. The van der Waals surface area contributed by atoms with E-state index < -0.39 is 0 Å². The Kier molecular flexibility index (Phi) is 4.50. The second-order valence-corrected chi connectivity index (χ2v) is 8.56. The van der Waals surface area contributed by atoms with Gasteiger partial charge in [-0.3, -0.25) is 4.79 Å². The second-order valence-electron chi connectivity index (χ2n) is 7.36. The van der Waals surface area contributed by atoms with E-state index in [4.69, 9.17) is 0 Å². The molecule has 1 N–H and O–H groups in total. The third-order valence-electron chi connectivity index (χ3n) is 5.42. The fourth-order valence-electron chi connectivity index (χ4n) is 3.78. The van der Waals surface area contributed by atoms with Gasteiger partial charge in [-0.25, -0.2) is 4.98 Å². The van der Waals surface area contributed by atoms with Crippen molar-refractivity contribution in [1.29, 1.82) is 0 Å². The summed E-state index contributed by atoms with van der Waals surface area (Å²) in [6.45, 7) is 5.95. The van der Waals surface area contributed by atoms with Crippen LogP contribution in [-0.4, -0.2) is 28.9 Å². The lowest BCUT2D eigenvalue weighted by Crippen LogP contribution is -2.38. The van der Waals surface area contributed by atoms with Crippen LogP contribution in [0.25, 0.3) is 0 Å². The summed E-state index contributed by atoms with van der Waals surface area (Å²) in [7, 11) is 0. The van der Waals surface area contributed by atoms with E-state index in [0.717, 1.165) is 47.5 Å². The number of fused-ring (bicyclic) bond motifs is 1. The number of carbonyl (C=O) groups excluding carboxylic acids is 1. The number of aromatic nitrogens is 1. The number of nitrogens with zero attached hydrogens (tertiary/aromatic N) is 2. The Hall–Kier alpha value is -1.88. The first-order chi connectivity index (χ1) is 12.1. The Bertz CT molecular complexity index is 790. The molecule has 1 saturated heterocycles. The number of thiazole rings is 1. The zero-order valence-corrected chi connectivity index (χ0v) is 15.8. The molecule has 4 rings (SSSR count). The molecule has 1 aliphatic carbocycles. The molecule has 2 aliphatic rings. The van der Waals surface area contributed by atoms with Crippen LogP contribution in [0.1, 0.15) is 52.7 Å². The minimum Gasteiger partial charge on any atom is -0.337 e. The first kappa shape index (κ1) is 16.6. The van der Waals surface area contributed by atoms with E-state index in [1.54, 1.807) is 11.3 Å². The van der Waals surface area contributed by atoms with E-state index in [1.807, 2.05) is 11.8 Å². The van der Waals surface area contributed by atoms with Gasteiger partial charge >= 0.3 is 0 Å². The fraction of sp³-hybridized carbons (Fsp3) is 0.500. The van der Waals surface area contributed by atoms with Crippen LogP contribution < -0.4 is 5.32 Å².